The lowest BCUT2D eigenvalue weighted by atomic mass is 9.96. The number of rotatable bonds is 6. The molecule has 1 fully saturated rings. The molecule has 0 saturated heterocycles. The van der Waals surface area contributed by atoms with Crippen molar-refractivity contribution in [2.45, 2.75) is 31.9 Å². The number of benzene rings is 1. The lowest BCUT2D eigenvalue weighted by molar-refractivity contribution is 0.114. The normalized spacial score (nSPS) is 14.2. The molecule has 0 spiro atoms. The van der Waals surface area contributed by atoms with Crippen LogP contribution in [0.4, 0.5) is 5.69 Å². The van der Waals surface area contributed by atoms with Gasteiger partial charge in [-0.15, -0.1) is 24.0 Å². The zero-order valence-electron chi connectivity index (χ0n) is 14.4. The Morgan fingerprint density at radius 2 is 2.15 bits per heavy atom. The SMILES string of the molecule is COc1ccc(NC(N)=NCc2ccnc(OC3CCC3)c2)cc1Cl.I. The Bertz CT molecular complexity index is 769. The lowest BCUT2D eigenvalue weighted by Crippen LogP contribution is -2.25. The summed E-state index contributed by atoms with van der Waals surface area (Å²) in [5, 5.41) is 3.52. The molecule has 140 valence electrons. The topological polar surface area (TPSA) is 81.8 Å². The molecule has 1 aromatic carbocycles. The van der Waals surface area contributed by atoms with Crippen molar-refractivity contribution >= 4 is 47.2 Å². The van der Waals surface area contributed by atoms with E-state index in [1.165, 1.54) is 6.42 Å². The minimum absolute atomic E-state index is 0. The molecular formula is C18H22ClIN4O2. The third kappa shape index (κ3) is 5.63. The standard InChI is InChI=1S/C18H21ClN4O2.HI/c1-24-16-6-5-13(10-15(16)19)23-18(20)22-11-12-7-8-21-17(9-12)25-14-3-2-4-14;/h5-10,14H,2-4,11H2,1H3,(H3,20,22,23);1H. The highest BCUT2D eigenvalue weighted by Gasteiger charge is 2.19. The van der Waals surface area contributed by atoms with Gasteiger partial charge in [-0.05, 0) is 49.1 Å². The van der Waals surface area contributed by atoms with Crippen molar-refractivity contribution in [3.63, 3.8) is 0 Å². The predicted molar refractivity (Wildman–Crippen MR) is 115 cm³/mol. The first kappa shape index (κ1) is 20.6. The number of anilines is 1. The van der Waals surface area contributed by atoms with E-state index in [9.17, 15) is 0 Å². The monoisotopic (exact) mass is 488 g/mol. The Kier molecular flexibility index (Phi) is 7.77. The summed E-state index contributed by atoms with van der Waals surface area (Å²) in [7, 11) is 1.57. The Morgan fingerprint density at radius 3 is 2.81 bits per heavy atom. The summed E-state index contributed by atoms with van der Waals surface area (Å²) in [5.74, 6) is 1.56. The molecular weight excluding hydrogens is 467 g/mol. The Morgan fingerprint density at radius 1 is 1.35 bits per heavy atom. The van der Waals surface area contributed by atoms with E-state index in [0.29, 0.717) is 35.3 Å². The summed E-state index contributed by atoms with van der Waals surface area (Å²) < 4.78 is 10.9. The third-order valence-corrected chi connectivity index (χ3v) is 4.29. The van der Waals surface area contributed by atoms with Crippen LogP contribution in [0.15, 0.2) is 41.5 Å². The van der Waals surface area contributed by atoms with Crippen LogP contribution in [0, 0.1) is 0 Å². The first-order valence-electron chi connectivity index (χ1n) is 8.16. The minimum Gasteiger partial charge on any atom is -0.495 e. The summed E-state index contributed by atoms with van der Waals surface area (Å²) in [4.78, 5) is 8.58. The number of nitrogens with zero attached hydrogens (tertiary/aromatic N) is 2. The number of halogens is 2. The van der Waals surface area contributed by atoms with Crippen LogP contribution in [0.25, 0.3) is 0 Å². The fourth-order valence-corrected chi connectivity index (χ4v) is 2.64. The second-order valence-electron chi connectivity index (χ2n) is 5.85. The average Bonchev–Trinajstić information content (AvgIpc) is 2.57. The van der Waals surface area contributed by atoms with Gasteiger partial charge in [0.2, 0.25) is 5.88 Å². The van der Waals surface area contributed by atoms with Gasteiger partial charge in [-0.1, -0.05) is 11.6 Å². The summed E-state index contributed by atoms with van der Waals surface area (Å²) in [6, 6.07) is 9.13. The van der Waals surface area contributed by atoms with Crippen LogP contribution in [0.3, 0.4) is 0 Å². The highest BCUT2D eigenvalue weighted by molar-refractivity contribution is 14.0. The van der Waals surface area contributed by atoms with Crippen LogP contribution in [-0.4, -0.2) is 24.2 Å². The maximum absolute atomic E-state index is 6.09. The zero-order chi connectivity index (χ0) is 17.6. The summed E-state index contributed by atoms with van der Waals surface area (Å²) in [5.41, 5.74) is 7.68. The number of nitrogens with two attached hydrogens (primary N) is 1. The van der Waals surface area contributed by atoms with Crippen molar-refractivity contribution < 1.29 is 9.47 Å². The Balaban J connectivity index is 0.00000243. The van der Waals surface area contributed by atoms with Gasteiger partial charge in [-0.2, -0.15) is 0 Å². The molecule has 0 unspecified atom stereocenters. The second kappa shape index (κ2) is 9.82. The number of aliphatic imine (C=N–C) groups is 1. The highest BCUT2D eigenvalue weighted by atomic mass is 127. The van der Waals surface area contributed by atoms with Gasteiger partial charge in [0.1, 0.15) is 11.9 Å². The zero-order valence-corrected chi connectivity index (χ0v) is 17.5. The van der Waals surface area contributed by atoms with Crippen molar-refractivity contribution in [3.8, 4) is 11.6 Å². The molecule has 0 bridgehead atoms. The molecule has 1 aliphatic carbocycles. The number of guanidine groups is 1. The molecule has 1 heterocycles. The number of nitrogens with one attached hydrogen (secondary N) is 1. The van der Waals surface area contributed by atoms with Crippen molar-refractivity contribution in [3.05, 3.63) is 47.1 Å². The van der Waals surface area contributed by atoms with Crippen LogP contribution in [0.1, 0.15) is 24.8 Å². The van der Waals surface area contributed by atoms with Crippen LogP contribution in [0.5, 0.6) is 11.6 Å². The number of methoxy groups -OCH3 is 1. The molecule has 26 heavy (non-hydrogen) atoms. The molecule has 0 aliphatic heterocycles. The largest absolute Gasteiger partial charge is 0.495 e. The van der Waals surface area contributed by atoms with E-state index >= 15 is 0 Å². The number of hydrogen-bond acceptors (Lipinski definition) is 4. The van der Waals surface area contributed by atoms with E-state index < -0.39 is 0 Å². The molecule has 1 aliphatic rings. The summed E-state index contributed by atoms with van der Waals surface area (Å²) in [6.45, 7) is 0.437. The van der Waals surface area contributed by atoms with Gasteiger partial charge in [0.05, 0.1) is 18.7 Å². The number of ether oxygens (including phenoxy) is 2. The quantitative estimate of drug-likeness (QED) is 0.361. The van der Waals surface area contributed by atoms with E-state index in [-0.39, 0.29) is 24.0 Å². The molecule has 0 amide bonds. The first-order chi connectivity index (χ1) is 12.1. The van der Waals surface area contributed by atoms with Gasteiger partial charge in [0.25, 0.3) is 0 Å². The van der Waals surface area contributed by atoms with Gasteiger partial charge in [-0.25, -0.2) is 9.98 Å². The van der Waals surface area contributed by atoms with E-state index in [1.807, 2.05) is 18.2 Å². The summed E-state index contributed by atoms with van der Waals surface area (Å²) >= 11 is 6.09. The first-order valence-corrected chi connectivity index (χ1v) is 8.54. The predicted octanol–water partition coefficient (Wildman–Crippen LogP) is 4.22. The Labute approximate surface area is 175 Å². The molecule has 2 aromatic rings. The maximum atomic E-state index is 6.09. The van der Waals surface area contributed by atoms with E-state index in [1.54, 1.807) is 25.4 Å². The fraction of sp³-hybridized carbons (Fsp3) is 0.333. The smallest absolute Gasteiger partial charge is 0.213 e. The van der Waals surface area contributed by atoms with Crippen molar-refractivity contribution in [1.29, 1.82) is 0 Å². The van der Waals surface area contributed by atoms with Crippen LogP contribution < -0.4 is 20.5 Å². The molecule has 8 heteroatoms. The molecule has 0 radical (unpaired) electrons. The van der Waals surface area contributed by atoms with Crippen molar-refractivity contribution in [2.24, 2.45) is 10.7 Å². The van der Waals surface area contributed by atoms with Crippen molar-refractivity contribution in [1.82, 2.24) is 4.98 Å². The number of hydrogen-bond donors (Lipinski definition) is 2. The van der Waals surface area contributed by atoms with E-state index in [4.69, 9.17) is 26.8 Å². The van der Waals surface area contributed by atoms with Gasteiger partial charge in [0.15, 0.2) is 5.96 Å². The molecule has 1 saturated carbocycles. The molecule has 6 nitrogen and oxygen atoms in total. The van der Waals surface area contributed by atoms with E-state index in [0.717, 1.165) is 24.1 Å². The summed E-state index contributed by atoms with van der Waals surface area (Å²) in [6.07, 6.45) is 5.46. The van der Waals surface area contributed by atoms with Crippen LogP contribution >= 0.6 is 35.6 Å². The molecule has 3 N–H and O–H groups in total. The molecule has 3 rings (SSSR count). The van der Waals surface area contributed by atoms with E-state index in [2.05, 4.69) is 15.3 Å². The lowest BCUT2D eigenvalue weighted by Gasteiger charge is -2.25. The van der Waals surface area contributed by atoms with Crippen LogP contribution in [-0.2, 0) is 6.54 Å². The third-order valence-electron chi connectivity index (χ3n) is 4.00. The Hall–Kier alpha value is -1.74. The van der Waals surface area contributed by atoms with Gasteiger partial charge < -0.3 is 20.5 Å². The average molecular weight is 489 g/mol. The molecule has 1 aromatic heterocycles. The van der Waals surface area contributed by atoms with Gasteiger partial charge in [-0.3, -0.25) is 0 Å². The van der Waals surface area contributed by atoms with Crippen LogP contribution in [0.2, 0.25) is 5.02 Å². The highest BCUT2D eigenvalue weighted by Crippen LogP contribution is 2.27. The van der Waals surface area contributed by atoms with Crippen molar-refractivity contribution in [2.75, 3.05) is 12.4 Å². The second-order valence-corrected chi connectivity index (χ2v) is 6.26. The number of pyridine rings is 1. The maximum Gasteiger partial charge on any atom is 0.213 e. The van der Waals surface area contributed by atoms with Gasteiger partial charge >= 0.3 is 0 Å². The molecule has 0 atom stereocenters. The number of aromatic nitrogens is 1. The van der Waals surface area contributed by atoms with Gasteiger partial charge in [0, 0.05) is 18.0 Å². The fourth-order valence-electron chi connectivity index (χ4n) is 2.38. The minimum atomic E-state index is 0.